The van der Waals surface area contributed by atoms with E-state index in [1.165, 1.54) is 16.5 Å². The molecule has 6 aromatic carbocycles. The molecule has 0 fully saturated rings. The Morgan fingerprint density at radius 3 is 2.00 bits per heavy atom. The van der Waals surface area contributed by atoms with Crippen LogP contribution >= 0.6 is 0 Å². The van der Waals surface area contributed by atoms with Crippen molar-refractivity contribution in [2.45, 2.75) is 13.8 Å². The molecule has 2 nitrogen and oxygen atoms in total. The molecule has 0 aliphatic carbocycles. The van der Waals surface area contributed by atoms with Crippen LogP contribution in [0.1, 0.15) is 30.5 Å². The molecule has 2 heteroatoms. The molecule has 8 rings (SSSR count). The summed E-state index contributed by atoms with van der Waals surface area (Å²) in [5.41, 5.74) is 9.07. The summed E-state index contributed by atoms with van der Waals surface area (Å²) < 4.78 is 12.6. The fraction of sp³-hybridized carbons (Fsp3) is 0.0417. The van der Waals surface area contributed by atoms with Gasteiger partial charge >= 0.3 is 0 Å². The number of furan rings is 2. The average molecular weight is 645 g/mol. The number of allylic oxidation sites excluding steroid dienone is 8. The van der Waals surface area contributed by atoms with Crippen LogP contribution in [0.2, 0.25) is 0 Å². The number of benzene rings is 5. The van der Waals surface area contributed by atoms with Gasteiger partial charge in [-0.05, 0) is 94.2 Å². The number of rotatable bonds is 6. The fourth-order valence-corrected chi connectivity index (χ4v) is 6.93. The van der Waals surface area contributed by atoms with E-state index in [-0.39, 0.29) is 0 Å². The quantitative estimate of drug-likeness (QED) is 0.168. The number of fused-ring (bicyclic) bond motifs is 10. The molecule has 8 aromatic rings. The highest BCUT2D eigenvalue weighted by Gasteiger charge is 2.15. The van der Waals surface area contributed by atoms with Crippen molar-refractivity contribution in [2.75, 3.05) is 0 Å². The zero-order valence-electron chi connectivity index (χ0n) is 28.2. The summed E-state index contributed by atoms with van der Waals surface area (Å²) in [6.45, 7) is 8.68. The minimum Gasteiger partial charge on any atom is -0.456 e. The summed E-state index contributed by atoms with van der Waals surface area (Å²) in [6, 6.07) is 44.3. The van der Waals surface area contributed by atoms with E-state index < -0.39 is 0 Å². The van der Waals surface area contributed by atoms with Gasteiger partial charge in [0.15, 0.2) is 0 Å². The Labute approximate surface area is 291 Å². The topological polar surface area (TPSA) is 26.3 Å². The van der Waals surface area contributed by atoms with Crippen LogP contribution in [0.5, 0.6) is 0 Å². The maximum atomic E-state index is 6.48. The minimum atomic E-state index is 0.874. The predicted molar refractivity (Wildman–Crippen MR) is 216 cm³/mol. The SMILES string of the molecule is C=C(/C=C\C=C\c1ccc2oc3c(ccc4c3ccc3oc5ccccc5c34)c2c1)c1ccccccc(/C(C)=C/C=C\C)c2ccccc12. The summed E-state index contributed by atoms with van der Waals surface area (Å²) in [6.07, 6.45) is 14.6. The second kappa shape index (κ2) is 13.3. The van der Waals surface area contributed by atoms with Gasteiger partial charge in [-0.3, -0.25) is 0 Å². The molecule has 0 spiro atoms. The third-order valence-electron chi connectivity index (χ3n) is 9.37. The van der Waals surface area contributed by atoms with Crippen LogP contribution in [-0.2, 0) is 0 Å². The predicted octanol–water partition coefficient (Wildman–Crippen LogP) is 14.2. The molecule has 0 saturated carbocycles. The van der Waals surface area contributed by atoms with Crippen molar-refractivity contribution in [3.63, 3.8) is 0 Å². The van der Waals surface area contributed by atoms with Gasteiger partial charge in [0.25, 0.3) is 0 Å². The van der Waals surface area contributed by atoms with Gasteiger partial charge in [0.05, 0.1) is 0 Å². The van der Waals surface area contributed by atoms with Crippen molar-refractivity contribution in [3.8, 4) is 0 Å². The highest BCUT2D eigenvalue weighted by atomic mass is 16.3. The second-order valence-electron chi connectivity index (χ2n) is 12.5. The van der Waals surface area contributed by atoms with Gasteiger partial charge in [0, 0.05) is 26.9 Å². The van der Waals surface area contributed by atoms with Gasteiger partial charge in [-0.2, -0.15) is 0 Å². The third-order valence-corrected chi connectivity index (χ3v) is 9.37. The Morgan fingerprint density at radius 2 is 1.18 bits per heavy atom. The number of para-hydroxylation sites is 1. The molecule has 0 amide bonds. The van der Waals surface area contributed by atoms with Crippen molar-refractivity contribution in [1.82, 2.24) is 0 Å². The molecule has 0 radical (unpaired) electrons. The standard InChI is InChI=1S/C48H36O2/c1-4-5-16-32(2)35-19-8-6-7-9-20-36(38-22-13-12-21-37(35)38)33(3)17-10-11-18-34-25-29-45-43(31-34)41-27-26-39-40(48(41)50-45)28-30-46-47(39)42-23-14-15-24-44(42)49-46/h4-31H,3H2,1-2H3/b5-4-,7-6?,8-6?,9-7?,17-10-,18-11+,19-8?,20-9?,32-16+,35-19?,36-20?,37-35?,38-36?. The molecular formula is C48H36O2. The van der Waals surface area contributed by atoms with E-state index in [1.54, 1.807) is 0 Å². The first kappa shape index (κ1) is 30.9. The first-order valence-corrected chi connectivity index (χ1v) is 17.0. The first-order valence-electron chi connectivity index (χ1n) is 17.0. The lowest BCUT2D eigenvalue weighted by molar-refractivity contribution is 0.669. The van der Waals surface area contributed by atoms with Crippen LogP contribution < -0.4 is 0 Å². The lowest BCUT2D eigenvalue weighted by atomic mass is 9.96. The van der Waals surface area contributed by atoms with Gasteiger partial charge in [-0.1, -0.05) is 140 Å². The van der Waals surface area contributed by atoms with Crippen LogP contribution in [0.4, 0.5) is 0 Å². The van der Waals surface area contributed by atoms with Crippen molar-refractivity contribution in [1.29, 1.82) is 0 Å². The Hall–Kier alpha value is -6.38. The van der Waals surface area contributed by atoms with E-state index in [0.29, 0.717) is 0 Å². The summed E-state index contributed by atoms with van der Waals surface area (Å²) >= 11 is 0. The first-order chi connectivity index (χ1) is 24.6. The van der Waals surface area contributed by atoms with Crippen LogP contribution in [0.3, 0.4) is 0 Å². The summed E-state index contributed by atoms with van der Waals surface area (Å²) in [5, 5.41) is 9.00. The monoisotopic (exact) mass is 644 g/mol. The normalized spacial score (nSPS) is 12.6. The molecule has 0 bridgehead atoms. The van der Waals surface area contributed by atoms with Crippen LogP contribution in [0.25, 0.3) is 82.6 Å². The maximum absolute atomic E-state index is 6.48. The van der Waals surface area contributed by atoms with Gasteiger partial charge < -0.3 is 8.83 Å². The minimum absolute atomic E-state index is 0.874. The van der Waals surface area contributed by atoms with E-state index in [0.717, 1.165) is 76.7 Å². The lowest BCUT2D eigenvalue weighted by Crippen LogP contribution is -1.85. The molecule has 0 aliphatic heterocycles. The Kier molecular flexibility index (Phi) is 8.20. The lowest BCUT2D eigenvalue weighted by Gasteiger charge is -2.08. The van der Waals surface area contributed by atoms with E-state index >= 15 is 0 Å². The molecule has 0 unspecified atom stereocenters. The van der Waals surface area contributed by atoms with E-state index in [1.807, 2.05) is 19.1 Å². The van der Waals surface area contributed by atoms with Crippen molar-refractivity contribution in [2.24, 2.45) is 0 Å². The Morgan fingerprint density at radius 1 is 0.540 bits per heavy atom. The number of hydrogen-bond acceptors (Lipinski definition) is 2. The van der Waals surface area contributed by atoms with Crippen LogP contribution in [0, 0.1) is 0 Å². The number of hydrogen-bond donors (Lipinski definition) is 0. The Balaban J connectivity index is 1.13. The highest BCUT2D eigenvalue weighted by molar-refractivity contribution is 6.25. The zero-order chi connectivity index (χ0) is 34.0. The maximum Gasteiger partial charge on any atom is 0.143 e. The van der Waals surface area contributed by atoms with Gasteiger partial charge in [-0.25, -0.2) is 0 Å². The van der Waals surface area contributed by atoms with Crippen LogP contribution in [-0.4, -0.2) is 0 Å². The molecule has 0 aliphatic rings. The molecule has 50 heavy (non-hydrogen) atoms. The molecule has 2 aromatic heterocycles. The van der Waals surface area contributed by atoms with E-state index in [9.17, 15) is 0 Å². The molecule has 0 atom stereocenters. The van der Waals surface area contributed by atoms with Crippen molar-refractivity contribution < 1.29 is 8.83 Å². The Bertz CT molecular complexity index is 2790. The van der Waals surface area contributed by atoms with E-state index in [4.69, 9.17) is 8.83 Å². The van der Waals surface area contributed by atoms with E-state index in [2.05, 4.69) is 171 Å². The summed E-state index contributed by atoms with van der Waals surface area (Å²) in [7, 11) is 0. The summed E-state index contributed by atoms with van der Waals surface area (Å²) in [5.74, 6) is 0. The third kappa shape index (κ3) is 5.61. The molecular weight excluding hydrogens is 609 g/mol. The average Bonchev–Trinajstić information content (AvgIpc) is 3.72. The molecule has 0 N–H and O–H groups in total. The molecule has 2 heterocycles. The second-order valence-corrected chi connectivity index (χ2v) is 12.5. The summed E-state index contributed by atoms with van der Waals surface area (Å²) in [4.78, 5) is 0. The largest absolute Gasteiger partial charge is 0.456 e. The zero-order valence-corrected chi connectivity index (χ0v) is 28.2. The molecule has 0 saturated heterocycles. The smallest absolute Gasteiger partial charge is 0.143 e. The van der Waals surface area contributed by atoms with Crippen molar-refractivity contribution >= 4 is 82.6 Å². The van der Waals surface area contributed by atoms with Gasteiger partial charge in [0.2, 0.25) is 0 Å². The van der Waals surface area contributed by atoms with Gasteiger partial charge in [0.1, 0.15) is 22.3 Å². The highest BCUT2D eigenvalue weighted by Crippen LogP contribution is 2.40. The van der Waals surface area contributed by atoms with Crippen molar-refractivity contribution in [3.05, 3.63) is 187 Å². The molecule has 240 valence electrons. The van der Waals surface area contributed by atoms with Gasteiger partial charge in [-0.15, -0.1) is 0 Å². The van der Waals surface area contributed by atoms with Crippen LogP contribution in [0.15, 0.2) is 179 Å². The fourth-order valence-electron chi connectivity index (χ4n) is 6.93.